The largest absolute Gasteiger partial charge is 0.476 e. The van der Waals surface area contributed by atoms with E-state index in [1.54, 1.807) is 18.0 Å². The topological polar surface area (TPSA) is 66.3 Å². The summed E-state index contributed by atoms with van der Waals surface area (Å²) in [4.78, 5) is 20.7. The van der Waals surface area contributed by atoms with Crippen LogP contribution in [-0.4, -0.2) is 46.1 Å². The zero-order chi connectivity index (χ0) is 12.8. The van der Waals surface area contributed by atoms with Crippen LogP contribution in [0, 0.1) is 0 Å². The van der Waals surface area contributed by atoms with E-state index in [4.69, 9.17) is 5.11 Å². The predicted molar refractivity (Wildman–Crippen MR) is 69.9 cm³/mol. The van der Waals surface area contributed by atoms with Crippen molar-refractivity contribution in [2.45, 2.75) is 19.4 Å². The quantitative estimate of drug-likeness (QED) is 0.835. The maximum Gasteiger partial charge on any atom is 0.356 e. The second-order valence-electron chi connectivity index (χ2n) is 3.81. The molecule has 1 heterocycles. The molecular formula is C11H17N3O2S. The second-order valence-corrected chi connectivity index (χ2v) is 4.79. The Morgan fingerprint density at radius 2 is 2.29 bits per heavy atom. The van der Waals surface area contributed by atoms with Gasteiger partial charge in [-0.05, 0) is 25.4 Å². The molecule has 0 aliphatic rings. The van der Waals surface area contributed by atoms with Crippen molar-refractivity contribution < 1.29 is 9.90 Å². The van der Waals surface area contributed by atoms with E-state index in [1.807, 2.05) is 11.9 Å². The van der Waals surface area contributed by atoms with Gasteiger partial charge in [0.2, 0.25) is 0 Å². The lowest BCUT2D eigenvalue weighted by molar-refractivity contribution is 0.0690. The van der Waals surface area contributed by atoms with Gasteiger partial charge in [-0.3, -0.25) is 4.98 Å². The number of aromatic carboxylic acids is 1. The van der Waals surface area contributed by atoms with Crippen LogP contribution in [-0.2, 0) is 0 Å². The molecule has 1 aromatic heterocycles. The molecule has 6 heteroatoms. The van der Waals surface area contributed by atoms with Gasteiger partial charge in [0.25, 0.3) is 0 Å². The minimum absolute atomic E-state index is 0.0218. The molecule has 94 valence electrons. The Morgan fingerprint density at radius 3 is 2.88 bits per heavy atom. The van der Waals surface area contributed by atoms with Gasteiger partial charge in [0.05, 0.1) is 12.4 Å². The Balaban J connectivity index is 2.77. The highest BCUT2D eigenvalue weighted by Gasteiger charge is 2.13. The van der Waals surface area contributed by atoms with E-state index in [-0.39, 0.29) is 5.69 Å². The smallest absolute Gasteiger partial charge is 0.356 e. The Morgan fingerprint density at radius 1 is 1.59 bits per heavy atom. The molecule has 0 amide bonds. The molecule has 0 saturated heterocycles. The number of carbonyl (C=O) groups is 1. The molecule has 1 atom stereocenters. The van der Waals surface area contributed by atoms with Gasteiger partial charge in [0, 0.05) is 13.1 Å². The van der Waals surface area contributed by atoms with Crippen LogP contribution in [0.3, 0.4) is 0 Å². The molecular weight excluding hydrogens is 238 g/mol. The van der Waals surface area contributed by atoms with Gasteiger partial charge in [-0.2, -0.15) is 11.8 Å². The predicted octanol–water partition coefficient (Wildman–Crippen LogP) is 1.75. The van der Waals surface area contributed by atoms with Gasteiger partial charge in [0.15, 0.2) is 5.69 Å². The number of thioether (sulfide) groups is 1. The zero-order valence-electron chi connectivity index (χ0n) is 10.3. The van der Waals surface area contributed by atoms with E-state index >= 15 is 0 Å². The third-order valence-corrected chi connectivity index (χ3v) is 3.25. The van der Waals surface area contributed by atoms with E-state index in [0.29, 0.717) is 11.9 Å². The maximum absolute atomic E-state index is 10.8. The van der Waals surface area contributed by atoms with Crippen molar-refractivity contribution in [3.63, 3.8) is 0 Å². The highest BCUT2D eigenvalue weighted by atomic mass is 32.2. The van der Waals surface area contributed by atoms with Gasteiger partial charge in [0.1, 0.15) is 5.82 Å². The summed E-state index contributed by atoms with van der Waals surface area (Å²) in [5.41, 5.74) is -0.0218. The van der Waals surface area contributed by atoms with Crippen LogP contribution in [0.1, 0.15) is 23.8 Å². The summed E-state index contributed by atoms with van der Waals surface area (Å²) in [5, 5.41) is 8.85. The average molecular weight is 255 g/mol. The van der Waals surface area contributed by atoms with Crippen molar-refractivity contribution >= 4 is 23.5 Å². The third-order valence-electron chi connectivity index (χ3n) is 2.60. The first-order valence-electron chi connectivity index (χ1n) is 5.33. The lowest BCUT2D eigenvalue weighted by Gasteiger charge is -2.25. The van der Waals surface area contributed by atoms with Crippen molar-refractivity contribution in [2.24, 2.45) is 0 Å². The molecule has 1 unspecified atom stereocenters. The third kappa shape index (κ3) is 3.89. The first kappa shape index (κ1) is 13.8. The van der Waals surface area contributed by atoms with Crippen LogP contribution in [0.2, 0.25) is 0 Å². The molecule has 0 aromatic carbocycles. The number of carboxylic acid groups (broad SMARTS) is 1. The van der Waals surface area contributed by atoms with Crippen molar-refractivity contribution in [1.82, 2.24) is 9.97 Å². The van der Waals surface area contributed by atoms with Crippen LogP contribution in [0.5, 0.6) is 0 Å². The standard InChI is InChI=1S/C11H17N3O2S/c1-8(4-5-17-3)14(2)10-7-12-6-9(13-10)11(15)16/h6-8H,4-5H2,1-3H3,(H,15,16). The molecule has 0 aliphatic heterocycles. The SMILES string of the molecule is CSCCC(C)N(C)c1cncc(C(=O)O)n1. The lowest BCUT2D eigenvalue weighted by atomic mass is 10.2. The molecule has 1 rings (SSSR count). The fraction of sp³-hybridized carbons (Fsp3) is 0.545. The van der Waals surface area contributed by atoms with Crippen LogP contribution in [0.25, 0.3) is 0 Å². The number of anilines is 1. The monoisotopic (exact) mass is 255 g/mol. The first-order chi connectivity index (χ1) is 8.06. The molecule has 1 N–H and O–H groups in total. The Hall–Kier alpha value is -1.30. The Labute approximate surface area is 105 Å². The summed E-state index contributed by atoms with van der Waals surface area (Å²) in [6.45, 7) is 2.09. The summed E-state index contributed by atoms with van der Waals surface area (Å²) < 4.78 is 0. The number of hydrogen-bond acceptors (Lipinski definition) is 5. The molecule has 0 fully saturated rings. The number of carboxylic acids is 1. The van der Waals surface area contributed by atoms with Crippen LogP contribution >= 0.6 is 11.8 Å². The first-order valence-corrected chi connectivity index (χ1v) is 6.72. The van der Waals surface area contributed by atoms with Gasteiger partial charge >= 0.3 is 5.97 Å². The molecule has 0 radical (unpaired) electrons. The van der Waals surface area contributed by atoms with E-state index < -0.39 is 5.97 Å². The average Bonchev–Trinajstić information content (AvgIpc) is 2.35. The second kappa shape index (κ2) is 6.44. The fourth-order valence-corrected chi connectivity index (χ4v) is 1.91. The van der Waals surface area contributed by atoms with Crippen LogP contribution < -0.4 is 4.90 Å². The van der Waals surface area contributed by atoms with Crippen molar-refractivity contribution in [1.29, 1.82) is 0 Å². The highest BCUT2D eigenvalue weighted by molar-refractivity contribution is 7.98. The maximum atomic E-state index is 10.8. The summed E-state index contributed by atoms with van der Waals surface area (Å²) >= 11 is 1.79. The normalized spacial score (nSPS) is 12.2. The van der Waals surface area contributed by atoms with Crippen LogP contribution in [0.15, 0.2) is 12.4 Å². The summed E-state index contributed by atoms with van der Waals surface area (Å²) in [5.74, 6) is 0.611. The summed E-state index contributed by atoms with van der Waals surface area (Å²) in [6.07, 6.45) is 5.93. The minimum atomic E-state index is -1.05. The van der Waals surface area contributed by atoms with E-state index in [2.05, 4.69) is 23.1 Å². The summed E-state index contributed by atoms with van der Waals surface area (Å²) in [6, 6.07) is 0.306. The fourth-order valence-electron chi connectivity index (χ4n) is 1.34. The van der Waals surface area contributed by atoms with E-state index in [9.17, 15) is 4.79 Å². The van der Waals surface area contributed by atoms with E-state index in [0.717, 1.165) is 12.2 Å². The molecule has 0 saturated carbocycles. The van der Waals surface area contributed by atoms with Gasteiger partial charge in [-0.1, -0.05) is 0 Å². The molecule has 0 spiro atoms. The molecule has 1 aromatic rings. The Kier molecular flexibility index (Phi) is 5.21. The lowest BCUT2D eigenvalue weighted by Crippen LogP contribution is -2.30. The van der Waals surface area contributed by atoms with Crippen molar-refractivity contribution in [3.8, 4) is 0 Å². The van der Waals surface area contributed by atoms with Gasteiger partial charge in [-0.15, -0.1) is 0 Å². The van der Waals surface area contributed by atoms with Crippen molar-refractivity contribution in [3.05, 3.63) is 18.1 Å². The molecule has 5 nitrogen and oxygen atoms in total. The molecule has 0 bridgehead atoms. The highest BCUT2D eigenvalue weighted by Crippen LogP contribution is 2.14. The summed E-state index contributed by atoms with van der Waals surface area (Å²) in [7, 11) is 1.90. The number of nitrogens with zero attached hydrogens (tertiary/aromatic N) is 3. The van der Waals surface area contributed by atoms with Gasteiger partial charge < -0.3 is 10.0 Å². The number of hydrogen-bond donors (Lipinski definition) is 1. The molecule has 17 heavy (non-hydrogen) atoms. The van der Waals surface area contributed by atoms with Gasteiger partial charge in [-0.25, -0.2) is 9.78 Å². The van der Waals surface area contributed by atoms with Crippen LogP contribution in [0.4, 0.5) is 5.82 Å². The van der Waals surface area contributed by atoms with E-state index in [1.165, 1.54) is 6.20 Å². The minimum Gasteiger partial charge on any atom is -0.476 e. The number of rotatable bonds is 6. The number of aromatic nitrogens is 2. The Bertz CT molecular complexity index is 387. The molecule has 0 aliphatic carbocycles. The van der Waals surface area contributed by atoms with Crippen molar-refractivity contribution in [2.75, 3.05) is 24.0 Å². The zero-order valence-corrected chi connectivity index (χ0v) is 11.1.